The van der Waals surface area contributed by atoms with Crippen LogP contribution in [-0.4, -0.2) is 35.4 Å². The van der Waals surface area contributed by atoms with Gasteiger partial charge < -0.3 is 15.0 Å². The van der Waals surface area contributed by atoms with Gasteiger partial charge in [0.05, 0.1) is 11.9 Å². The van der Waals surface area contributed by atoms with Gasteiger partial charge in [0.1, 0.15) is 12.2 Å². The summed E-state index contributed by atoms with van der Waals surface area (Å²) in [5.74, 6) is 0.744. The summed E-state index contributed by atoms with van der Waals surface area (Å²) in [7, 11) is 0. The summed E-state index contributed by atoms with van der Waals surface area (Å²) in [4.78, 5) is 19.8. The van der Waals surface area contributed by atoms with E-state index in [2.05, 4.69) is 51.9 Å². The van der Waals surface area contributed by atoms with Gasteiger partial charge in [0, 0.05) is 30.5 Å². The lowest BCUT2D eigenvalue weighted by Crippen LogP contribution is -2.16. The number of carboxylic acid groups (broad SMARTS) is 1. The molecular formula is C19H26N6O2. The quantitative estimate of drug-likeness (QED) is 0.598. The molecule has 1 unspecified atom stereocenters. The molecule has 0 saturated heterocycles. The number of aliphatic carboxylic acids is 1. The second-order valence-electron chi connectivity index (χ2n) is 7.18. The van der Waals surface area contributed by atoms with E-state index in [9.17, 15) is 4.79 Å². The summed E-state index contributed by atoms with van der Waals surface area (Å²) in [5.41, 5.74) is 1.55. The predicted molar refractivity (Wildman–Crippen MR) is 104 cm³/mol. The first-order valence-electron chi connectivity index (χ1n) is 9.29. The molecular weight excluding hydrogens is 344 g/mol. The van der Waals surface area contributed by atoms with Crippen molar-refractivity contribution in [3.05, 3.63) is 30.9 Å². The summed E-state index contributed by atoms with van der Waals surface area (Å²) >= 11 is 0. The predicted octanol–water partition coefficient (Wildman–Crippen LogP) is 3.53. The van der Waals surface area contributed by atoms with Crippen molar-refractivity contribution in [2.75, 3.05) is 5.32 Å². The number of carboxylic acids is 1. The van der Waals surface area contributed by atoms with Gasteiger partial charge in [-0.3, -0.25) is 9.48 Å². The number of hydrogen-bond donors (Lipinski definition) is 2. The number of anilines is 2. The van der Waals surface area contributed by atoms with Gasteiger partial charge in [-0.2, -0.15) is 10.1 Å². The maximum atomic E-state index is 10.8. The van der Waals surface area contributed by atoms with E-state index < -0.39 is 5.97 Å². The molecule has 8 heteroatoms. The number of aromatic nitrogens is 5. The van der Waals surface area contributed by atoms with Crippen LogP contribution in [-0.2, 0) is 17.9 Å². The van der Waals surface area contributed by atoms with Crippen LogP contribution in [0.5, 0.6) is 0 Å². The van der Waals surface area contributed by atoms with Crippen LogP contribution in [0.3, 0.4) is 0 Å². The van der Waals surface area contributed by atoms with Gasteiger partial charge in [-0.25, -0.2) is 4.98 Å². The fraction of sp³-hybridized carbons (Fsp3) is 0.474. The summed E-state index contributed by atoms with van der Waals surface area (Å²) in [6, 6.07) is 2.04. The first-order valence-corrected chi connectivity index (χ1v) is 9.29. The monoisotopic (exact) mass is 370 g/mol. The second kappa shape index (κ2) is 8.20. The van der Waals surface area contributed by atoms with E-state index in [1.165, 1.54) is 17.5 Å². The first kappa shape index (κ1) is 18.9. The molecule has 0 saturated carbocycles. The van der Waals surface area contributed by atoms with E-state index >= 15 is 0 Å². The molecule has 0 aliphatic carbocycles. The molecule has 3 aromatic rings. The molecule has 0 radical (unpaired) electrons. The summed E-state index contributed by atoms with van der Waals surface area (Å²) in [5, 5.41) is 16.9. The van der Waals surface area contributed by atoms with E-state index in [1.807, 2.05) is 6.07 Å². The molecule has 0 aromatic carbocycles. The highest BCUT2D eigenvalue weighted by atomic mass is 16.4. The Hall–Kier alpha value is -2.90. The van der Waals surface area contributed by atoms with Crippen molar-refractivity contribution in [2.45, 2.75) is 46.7 Å². The first-order chi connectivity index (χ1) is 13.0. The molecule has 8 nitrogen and oxygen atoms in total. The smallest absolute Gasteiger partial charge is 0.325 e. The highest BCUT2D eigenvalue weighted by molar-refractivity contribution is 5.76. The lowest BCUT2D eigenvalue weighted by atomic mass is 9.91. The number of nitrogens with one attached hydrogen (secondary N) is 1. The van der Waals surface area contributed by atoms with Gasteiger partial charge in [-0.15, -0.1) is 0 Å². The highest BCUT2D eigenvalue weighted by Gasteiger charge is 2.15. The van der Waals surface area contributed by atoms with E-state index in [0.29, 0.717) is 23.5 Å². The number of nitrogens with zero attached hydrogens (tertiary/aromatic N) is 5. The van der Waals surface area contributed by atoms with E-state index in [4.69, 9.17) is 5.11 Å². The second-order valence-corrected chi connectivity index (χ2v) is 7.18. The molecule has 27 heavy (non-hydrogen) atoms. The molecule has 0 amide bonds. The minimum absolute atomic E-state index is 0.182. The van der Waals surface area contributed by atoms with Crippen LogP contribution < -0.4 is 5.32 Å². The van der Waals surface area contributed by atoms with Gasteiger partial charge in [-0.1, -0.05) is 27.2 Å². The molecule has 3 rings (SSSR count). The van der Waals surface area contributed by atoms with Crippen LogP contribution in [0.4, 0.5) is 11.6 Å². The van der Waals surface area contributed by atoms with Crippen molar-refractivity contribution in [2.24, 2.45) is 11.8 Å². The van der Waals surface area contributed by atoms with E-state index in [1.54, 1.807) is 18.6 Å². The largest absolute Gasteiger partial charge is 0.480 e. The van der Waals surface area contributed by atoms with Crippen LogP contribution in [0.25, 0.3) is 11.0 Å². The zero-order chi connectivity index (χ0) is 19.4. The van der Waals surface area contributed by atoms with Gasteiger partial charge >= 0.3 is 5.97 Å². The van der Waals surface area contributed by atoms with Crippen molar-refractivity contribution >= 4 is 28.6 Å². The van der Waals surface area contributed by atoms with E-state index in [-0.39, 0.29) is 6.54 Å². The molecule has 0 aliphatic heterocycles. The Bertz CT molecular complexity index is 914. The van der Waals surface area contributed by atoms with Gasteiger partial charge in [0.25, 0.3) is 0 Å². The topological polar surface area (TPSA) is 97.9 Å². The van der Waals surface area contributed by atoms with Crippen LogP contribution >= 0.6 is 0 Å². The van der Waals surface area contributed by atoms with Crippen LogP contribution in [0, 0.1) is 11.8 Å². The maximum absolute atomic E-state index is 10.8. The number of rotatable bonds is 9. The Kier molecular flexibility index (Phi) is 5.73. The lowest BCUT2D eigenvalue weighted by molar-refractivity contribution is -0.137. The molecule has 3 aromatic heterocycles. The summed E-state index contributed by atoms with van der Waals surface area (Å²) in [6.45, 7) is 7.50. The SMILES string of the molecule is CCCC(Cn1ccc2cnc(Nc3cnn(CC(=O)O)c3)nc21)C(C)C. The average Bonchev–Trinajstić information content (AvgIpc) is 3.21. The Balaban J connectivity index is 1.80. The summed E-state index contributed by atoms with van der Waals surface area (Å²) < 4.78 is 3.54. The molecule has 0 bridgehead atoms. The molecule has 1 atom stereocenters. The minimum Gasteiger partial charge on any atom is -0.480 e. The number of hydrogen-bond acceptors (Lipinski definition) is 5. The van der Waals surface area contributed by atoms with Crippen molar-refractivity contribution < 1.29 is 9.90 Å². The minimum atomic E-state index is -0.938. The third kappa shape index (κ3) is 4.64. The van der Waals surface area contributed by atoms with Crippen LogP contribution in [0.1, 0.15) is 33.6 Å². The molecule has 0 aliphatic rings. The van der Waals surface area contributed by atoms with E-state index in [0.717, 1.165) is 17.6 Å². The summed E-state index contributed by atoms with van der Waals surface area (Å²) in [6.07, 6.45) is 9.41. The number of carbonyl (C=O) groups is 1. The van der Waals surface area contributed by atoms with Crippen molar-refractivity contribution in [1.29, 1.82) is 0 Å². The Morgan fingerprint density at radius 2 is 2.15 bits per heavy atom. The zero-order valence-electron chi connectivity index (χ0n) is 16.0. The fourth-order valence-electron chi connectivity index (χ4n) is 3.22. The van der Waals surface area contributed by atoms with Crippen LogP contribution in [0.15, 0.2) is 30.9 Å². The standard InChI is InChI=1S/C19H26N6O2/c1-4-5-15(13(2)3)10-24-7-6-14-8-20-19(23-18(14)24)22-16-9-21-25(11-16)12-17(26)27/h6-9,11,13,15H,4-5,10,12H2,1-3H3,(H,26,27)(H,20,22,23). The molecule has 0 fully saturated rings. The molecule has 3 heterocycles. The van der Waals surface area contributed by atoms with Gasteiger partial charge in [0.15, 0.2) is 0 Å². The third-order valence-electron chi connectivity index (χ3n) is 4.72. The Morgan fingerprint density at radius 1 is 1.33 bits per heavy atom. The zero-order valence-corrected chi connectivity index (χ0v) is 16.0. The van der Waals surface area contributed by atoms with Crippen LogP contribution in [0.2, 0.25) is 0 Å². The number of fused-ring (bicyclic) bond motifs is 1. The molecule has 0 spiro atoms. The fourth-order valence-corrected chi connectivity index (χ4v) is 3.22. The third-order valence-corrected chi connectivity index (χ3v) is 4.72. The average molecular weight is 370 g/mol. The highest BCUT2D eigenvalue weighted by Crippen LogP contribution is 2.23. The Morgan fingerprint density at radius 3 is 2.85 bits per heavy atom. The maximum Gasteiger partial charge on any atom is 0.325 e. The van der Waals surface area contributed by atoms with Gasteiger partial charge in [-0.05, 0) is 24.3 Å². The van der Waals surface area contributed by atoms with Gasteiger partial charge in [0.2, 0.25) is 5.95 Å². The van der Waals surface area contributed by atoms with Crippen molar-refractivity contribution in [3.8, 4) is 0 Å². The lowest BCUT2D eigenvalue weighted by Gasteiger charge is -2.21. The Labute approximate surface area is 158 Å². The van der Waals surface area contributed by atoms with Crippen molar-refractivity contribution in [3.63, 3.8) is 0 Å². The molecule has 2 N–H and O–H groups in total. The normalized spacial score (nSPS) is 12.6. The molecule has 144 valence electrons. The van der Waals surface area contributed by atoms with Crippen molar-refractivity contribution in [1.82, 2.24) is 24.3 Å².